The molecule has 0 radical (unpaired) electrons. The summed E-state index contributed by atoms with van der Waals surface area (Å²) in [7, 11) is -2.56. The van der Waals surface area contributed by atoms with Crippen molar-refractivity contribution in [3.05, 3.63) is 53.2 Å². The molecule has 3 rings (SSSR count). The van der Waals surface area contributed by atoms with Crippen molar-refractivity contribution in [2.75, 3.05) is 13.7 Å². The molecule has 208 valence electrons. The lowest BCUT2D eigenvalue weighted by molar-refractivity contribution is 0.0599. The van der Waals surface area contributed by atoms with Crippen LogP contribution in [0.5, 0.6) is 0 Å². The third kappa shape index (κ3) is 5.56. The molecule has 2 aromatic heterocycles. The van der Waals surface area contributed by atoms with E-state index in [0.29, 0.717) is 12.2 Å². The standard InChI is InChI=1S/C31H48N2O3Si2/c1-13-22-21-32-26(20-25(22)29(34)35-8)28-24(18-19-36-38(11,12)31(5,6)7)23-16-14-15-17-27(23)33(28)37(9,10)30(2,3)4/h14-17,20-21H,13,18-19H2,1-12H3. The Hall–Kier alpha value is -2.23. The highest BCUT2D eigenvalue weighted by atomic mass is 28.4. The summed E-state index contributed by atoms with van der Waals surface area (Å²) in [5.74, 6) is -0.316. The van der Waals surface area contributed by atoms with Gasteiger partial charge in [0.15, 0.2) is 16.6 Å². The van der Waals surface area contributed by atoms with Crippen LogP contribution in [0.3, 0.4) is 0 Å². The fourth-order valence-corrected chi connectivity index (χ4v) is 7.89. The maximum absolute atomic E-state index is 12.8. The van der Waals surface area contributed by atoms with Gasteiger partial charge in [-0.3, -0.25) is 4.98 Å². The van der Waals surface area contributed by atoms with Crippen molar-refractivity contribution >= 4 is 33.4 Å². The molecule has 0 fully saturated rings. The van der Waals surface area contributed by atoms with Gasteiger partial charge < -0.3 is 13.4 Å². The number of esters is 1. The van der Waals surface area contributed by atoms with Crippen LogP contribution in [0.15, 0.2) is 36.5 Å². The van der Waals surface area contributed by atoms with Crippen molar-refractivity contribution in [3.63, 3.8) is 0 Å². The predicted octanol–water partition coefficient (Wildman–Crippen LogP) is 8.47. The first-order chi connectivity index (χ1) is 17.5. The van der Waals surface area contributed by atoms with Gasteiger partial charge in [0.25, 0.3) is 0 Å². The lowest BCUT2D eigenvalue weighted by Crippen LogP contribution is -2.45. The molecule has 0 amide bonds. The van der Waals surface area contributed by atoms with Gasteiger partial charge in [-0.05, 0) is 59.3 Å². The van der Waals surface area contributed by atoms with Gasteiger partial charge in [0.05, 0.1) is 24.1 Å². The molecule has 0 spiro atoms. The molecule has 0 aliphatic rings. The maximum Gasteiger partial charge on any atom is 0.338 e. The average molecular weight is 553 g/mol. The van der Waals surface area contributed by atoms with E-state index in [1.54, 1.807) is 0 Å². The van der Waals surface area contributed by atoms with Gasteiger partial charge in [0.1, 0.15) is 0 Å². The Morgan fingerprint density at radius 1 is 1.00 bits per heavy atom. The Balaban J connectivity index is 2.33. The summed E-state index contributed by atoms with van der Waals surface area (Å²) in [6, 6.07) is 10.7. The van der Waals surface area contributed by atoms with Gasteiger partial charge in [-0.15, -0.1) is 0 Å². The summed E-state index contributed by atoms with van der Waals surface area (Å²) < 4.78 is 14.4. The van der Waals surface area contributed by atoms with Crippen LogP contribution in [0.25, 0.3) is 22.3 Å². The van der Waals surface area contributed by atoms with Crippen LogP contribution in [0.1, 0.15) is 70.0 Å². The number of methoxy groups -OCH3 is 1. The minimum Gasteiger partial charge on any atom is -0.465 e. The molecule has 5 nitrogen and oxygen atoms in total. The first-order valence-electron chi connectivity index (χ1n) is 13.8. The van der Waals surface area contributed by atoms with Gasteiger partial charge in [-0.1, -0.05) is 79.8 Å². The molecule has 0 saturated heterocycles. The summed E-state index contributed by atoms with van der Waals surface area (Å²) in [6.07, 6.45) is 3.36. The highest BCUT2D eigenvalue weighted by molar-refractivity contribution is 6.79. The Labute approximate surface area is 232 Å². The molecule has 0 atom stereocenters. The molecular formula is C31H48N2O3Si2. The number of benzene rings is 1. The molecule has 0 unspecified atom stereocenters. The highest BCUT2D eigenvalue weighted by Gasteiger charge is 2.41. The lowest BCUT2D eigenvalue weighted by atomic mass is 10.0. The van der Waals surface area contributed by atoms with Crippen molar-refractivity contribution in [2.45, 2.75) is 97.6 Å². The minimum absolute atomic E-state index is 0.0903. The third-order valence-corrected chi connectivity index (χ3v) is 18.8. The van der Waals surface area contributed by atoms with E-state index in [-0.39, 0.29) is 16.0 Å². The van der Waals surface area contributed by atoms with Crippen LogP contribution >= 0.6 is 0 Å². The number of carbonyl (C=O) groups excluding carboxylic acids is 1. The Morgan fingerprint density at radius 2 is 1.63 bits per heavy atom. The SMILES string of the molecule is CCc1cnc(-c2c(CCO[Si](C)(C)C(C)(C)C)c3ccccc3n2[Si](C)(C)C(C)(C)C)cc1C(=O)OC. The number of para-hydroxylation sites is 1. The average Bonchev–Trinajstić information content (AvgIpc) is 3.16. The predicted molar refractivity (Wildman–Crippen MR) is 165 cm³/mol. The highest BCUT2D eigenvalue weighted by Crippen LogP contribution is 2.45. The molecule has 3 aromatic rings. The van der Waals surface area contributed by atoms with Crippen LogP contribution in [0.2, 0.25) is 36.3 Å². The summed E-state index contributed by atoms with van der Waals surface area (Å²) in [5, 5.41) is 1.48. The fourth-order valence-electron chi connectivity index (χ4n) is 4.56. The molecule has 7 heteroatoms. The molecule has 1 aromatic carbocycles. The Morgan fingerprint density at radius 3 is 2.18 bits per heavy atom. The number of rotatable bonds is 8. The number of carbonyl (C=O) groups is 1. The Kier molecular flexibility index (Phi) is 8.57. The number of nitrogens with zero attached hydrogens (tertiary/aromatic N) is 2. The van der Waals surface area contributed by atoms with E-state index in [9.17, 15) is 4.79 Å². The van der Waals surface area contributed by atoms with Crippen LogP contribution in [-0.4, -0.2) is 45.5 Å². The maximum atomic E-state index is 12.8. The fraction of sp³-hybridized carbons (Fsp3) is 0.548. The topological polar surface area (TPSA) is 53.4 Å². The Bertz CT molecular complexity index is 1310. The first kappa shape index (κ1) is 30.3. The van der Waals surface area contributed by atoms with Crippen molar-refractivity contribution in [1.29, 1.82) is 0 Å². The largest absolute Gasteiger partial charge is 0.465 e. The van der Waals surface area contributed by atoms with E-state index >= 15 is 0 Å². The minimum atomic E-state index is -2.10. The number of aryl methyl sites for hydroxylation is 1. The molecular weight excluding hydrogens is 505 g/mol. The van der Waals surface area contributed by atoms with E-state index in [1.165, 1.54) is 23.6 Å². The van der Waals surface area contributed by atoms with E-state index in [1.807, 2.05) is 19.2 Å². The zero-order valence-corrected chi connectivity index (χ0v) is 27.7. The van der Waals surface area contributed by atoms with Crippen LogP contribution in [0, 0.1) is 0 Å². The summed E-state index contributed by atoms with van der Waals surface area (Å²) in [6.45, 7) is 26.0. The molecule has 0 bridgehead atoms. The quantitative estimate of drug-likeness (QED) is 0.208. The van der Waals surface area contributed by atoms with Crippen molar-refractivity contribution in [3.8, 4) is 11.4 Å². The second kappa shape index (κ2) is 10.7. The van der Waals surface area contributed by atoms with E-state index < -0.39 is 16.6 Å². The van der Waals surface area contributed by atoms with Gasteiger partial charge in [-0.25, -0.2) is 4.79 Å². The van der Waals surface area contributed by atoms with Crippen molar-refractivity contribution < 1.29 is 14.0 Å². The van der Waals surface area contributed by atoms with E-state index in [2.05, 4.69) is 96.2 Å². The smallest absolute Gasteiger partial charge is 0.338 e. The number of ether oxygens (including phenoxy) is 1. The van der Waals surface area contributed by atoms with Crippen LogP contribution in [-0.2, 0) is 22.0 Å². The lowest BCUT2D eigenvalue weighted by Gasteiger charge is -2.40. The summed E-state index contributed by atoms with van der Waals surface area (Å²) in [4.78, 5) is 17.8. The summed E-state index contributed by atoms with van der Waals surface area (Å²) in [5.41, 5.74) is 5.92. The van der Waals surface area contributed by atoms with E-state index in [4.69, 9.17) is 14.1 Å². The molecule has 0 saturated carbocycles. The van der Waals surface area contributed by atoms with Gasteiger partial charge in [0, 0.05) is 23.7 Å². The first-order valence-corrected chi connectivity index (χ1v) is 19.7. The van der Waals surface area contributed by atoms with Crippen molar-refractivity contribution in [1.82, 2.24) is 9.22 Å². The zero-order valence-electron chi connectivity index (χ0n) is 25.7. The summed E-state index contributed by atoms with van der Waals surface area (Å²) >= 11 is 0. The number of aromatic nitrogens is 2. The van der Waals surface area contributed by atoms with E-state index in [0.717, 1.165) is 29.8 Å². The molecule has 0 aliphatic carbocycles. The number of fused-ring (bicyclic) bond motifs is 1. The second-order valence-electron chi connectivity index (χ2n) is 13.4. The van der Waals surface area contributed by atoms with Gasteiger partial charge >= 0.3 is 5.97 Å². The molecule has 0 aliphatic heterocycles. The number of pyridine rings is 1. The normalized spacial score (nSPS) is 13.3. The van der Waals surface area contributed by atoms with Crippen molar-refractivity contribution in [2.24, 2.45) is 0 Å². The second-order valence-corrected chi connectivity index (χ2v) is 23.3. The van der Waals surface area contributed by atoms with Gasteiger partial charge in [-0.2, -0.15) is 0 Å². The van der Waals surface area contributed by atoms with Crippen LogP contribution < -0.4 is 0 Å². The zero-order chi connectivity index (χ0) is 28.7. The number of hydrogen-bond donors (Lipinski definition) is 0. The molecule has 0 N–H and O–H groups in total. The number of hydrogen-bond acceptors (Lipinski definition) is 4. The third-order valence-electron chi connectivity index (χ3n) is 9.01. The molecule has 38 heavy (non-hydrogen) atoms. The van der Waals surface area contributed by atoms with Crippen LogP contribution in [0.4, 0.5) is 0 Å². The van der Waals surface area contributed by atoms with Gasteiger partial charge in [0.2, 0.25) is 0 Å². The monoisotopic (exact) mass is 552 g/mol. The molecule has 2 heterocycles.